The van der Waals surface area contributed by atoms with Crippen LogP contribution in [0.3, 0.4) is 0 Å². The third-order valence-electron chi connectivity index (χ3n) is 2.42. The Bertz CT molecular complexity index is 396. The van der Waals surface area contributed by atoms with Crippen molar-refractivity contribution in [2.75, 3.05) is 13.2 Å². The summed E-state index contributed by atoms with van der Waals surface area (Å²) in [5.41, 5.74) is 0.573. The number of benzene rings is 1. The van der Waals surface area contributed by atoms with Crippen LogP contribution in [0.25, 0.3) is 0 Å². The SMILES string of the molecule is CCCCNC(=O)COc1c(Cl)cccc1CO. The summed E-state index contributed by atoms with van der Waals surface area (Å²) < 4.78 is 5.35. The van der Waals surface area contributed by atoms with Crippen molar-refractivity contribution >= 4 is 17.5 Å². The average molecular weight is 272 g/mol. The molecule has 1 rings (SSSR count). The fraction of sp³-hybridized carbons (Fsp3) is 0.462. The van der Waals surface area contributed by atoms with Crippen molar-refractivity contribution < 1.29 is 14.6 Å². The van der Waals surface area contributed by atoms with Crippen LogP contribution in [0.4, 0.5) is 0 Å². The highest BCUT2D eigenvalue weighted by atomic mass is 35.5. The van der Waals surface area contributed by atoms with E-state index in [4.69, 9.17) is 21.4 Å². The van der Waals surface area contributed by atoms with Gasteiger partial charge in [0.15, 0.2) is 6.61 Å². The number of carbonyl (C=O) groups is 1. The summed E-state index contributed by atoms with van der Waals surface area (Å²) in [6.45, 7) is 2.43. The molecule has 0 heterocycles. The van der Waals surface area contributed by atoms with Crippen molar-refractivity contribution in [2.45, 2.75) is 26.4 Å². The summed E-state index contributed by atoms with van der Waals surface area (Å²) in [5, 5.41) is 12.3. The molecular formula is C13H18ClNO3. The average Bonchev–Trinajstić information content (AvgIpc) is 2.37. The predicted molar refractivity (Wildman–Crippen MR) is 70.8 cm³/mol. The molecule has 0 atom stereocenters. The Balaban J connectivity index is 2.50. The van der Waals surface area contributed by atoms with Crippen molar-refractivity contribution in [3.8, 4) is 5.75 Å². The lowest BCUT2D eigenvalue weighted by atomic mass is 10.2. The standard InChI is InChI=1S/C13H18ClNO3/c1-2-3-7-15-12(17)9-18-13-10(8-16)5-4-6-11(13)14/h4-6,16H,2-3,7-9H2,1H3,(H,15,17). The van der Waals surface area contributed by atoms with Gasteiger partial charge in [0.25, 0.3) is 5.91 Å². The first-order chi connectivity index (χ1) is 8.69. The zero-order valence-electron chi connectivity index (χ0n) is 10.4. The Labute approximate surface area is 112 Å². The molecule has 0 fully saturated rings. The van der Waals surface area contributed by atoms with Crippen LogP contribution in [-0.4, -0.2) is 24.2 Å². The van der Waals surface area contributed by atoms with Gasteiger partial charge in [-0.05, 0) is 12.5 Å². The van der Waals surface area contributed by atoms with Gasteiger partial charge >= 0.3 is 0 Å². The van der Waals surface area contributed by atoms with E-state index in [1.54, 1.807) is 18.2 Å². The molecule has 4 nitrogen and oxygen atoms in total. The first-order valence-electron chi connectivity index (χ1n) is 5.96. The first kappa shape index (κ1) is 14.8. The van der Waals surface area contributed by atoms with Crippen molar-refractivity contribution in [2.24, 2.45) is 0 Å². The Morgan fingerprint density at radius 1 is 1.50 bits per heavy atom. The molecule has 1 amide bonds. The van der Waals surface area contributed by atoms with E-state index in [-0.39, 0.29) is 19.1 Å². The minimum absolute atomic E-state index is 0.0968. The molecule has 1 aromatic carbocycles. The maximum Gasteiger partial charge on any atom is 0.257 e. The smallest absolute Gasteiger partial charge is 0.257 e. The van der Waals surface area contributed by atoms with E-state index in [0.29, 0.717) is 22.9 Å². The molecule has 5 heteroatoms. The monoisotopic (exact) mass is 271 g/mol. The van der Waals surface area contributed by atoms with Crippen molar-refractivity contribution in [3.63, 3.8) is 0 Å². The number of nitrogens with one attached hydrogen (secondary N) is 1. The molecule has 2 N–H and O–H groups in total. The fourth-order valence-corrected chi connectivity index (χ4v) is 1.68. The molecule has 0 saturated heterocycles. The van der Waals surface area contributed by atoms with E-state index >= 15 is 0 Å². The van der Waals surface area contributed by atoms with Crippen LogP contribution in [0.2, 0.25) is 5.02 Å². The van der Waals surface area contributed by atoms with Gasteiger partial charge in [0.2, 0.25) is 0 Å². The molecule has 0 aliphatic heterocycles. The molecule has 0 saturated carbocycles. The van der Waals surface area contributed by atoms with Gasteiger partial charge in [-0.2, -0.15) is 0 Å². The highest BCUT2D eigenvalue weighted by molar-refractivity contribution is 6.32. The quantitative estimate of drug-likeness (QED) is 0.747. The molecule has 0 radical (unpaired) electrons. The number of ether oxygens (including phenoxy) is 1. The van der Waals surface area contributed by atoms with Crippen LogP contribution >= 0.6 is 11.6 Å². The molecular weight excluding hydrogens is 254 g/mol. The Kier molecular flexibility index (Phi) is 6.54. The van der Waals surface area contributed by atoms with E-state index in [1.807, 2.05) is 0 Å². The van der Waals surface area contributed by atoms with Gasteiger partial charge in [-0.3, -0.25) is 4.79 Å². The van der Waals surface area contributed by atoms with Gasteiger partial charge in [-0.1, -0.05) is 37.1 Å². The molecule has 0 spiro atoms. The van der Waals surface area contributed by atoms with E-state index in [1.165, 1.54) is 0 Å². The maximum atomic E-state index is 11.5. The number of aliphatic hydroxyl groups is 1. The Hall–Kier alpha value is -1.26. The third-order valence-corrected chi connectivity index (χ3v) is 2.72. The van der Waals surface area contributed by atoms with Gasteiger partial charge in [-0.15, -0.1) is 0 Å². The van der Waals surface area contributed by atoms with Crippen molar-refractivity contribution in [1.29, 1.82) is 0 Å². The van der Waals surface area contributed by atoms with Gasteiger partial charge in [0, 0.05) is 12.1 Å². The van der Waals surface area contributed by atoms with E-state index in [0.717, 1.165) is 12.8 Å². The molecule has 1 aromatic rings. The summed E-state index contributed by atoms with van der Waals surface area (Å²) in [6, 6.07) is 5.09. The summed E-state index contributed by atoms with van der Waals surface area (Å²) in [5.74, 6) is 0.180. The maximum absolute atomic E-state index is 11.5. The van der Waals surface area contributed by atoms with Crippen molar-refractivity contribution in [1.82, 2.24) is 5.32 Å². The number of unbranched alkanes of at least 4 members (excludes halogenated alkanes) is 1. The van der Waals surface area contributed by atoms with Crippen LogP contribution < -0.4 is 10.1 Å². The topological polar surface area (TPSA) is 58.6 Å². The molecule has 0 unspecified atom stereocenters. The minimum Gasteiger partial charge on any atom is -0.482 e. The summed E-state index contributed by atoms with van der Waals surface area (Å²) in [7, 11) is 0. The molecule has 0 aliphatic rings. The Morgan fingerprint density at radius 3 is 2.94 bits per heavy atom. The lowest BCUT2D eigenvalue weighted by molar-refractivity contribution is -0.123. The lowest BCUT2D eigenvalue weighted by Gasteiger charge is -2.11. The highest BCUT2D eigenvalue weighted by Crippen LogP contribution is 2.28. The van der Waals surface area contributed by atoms with Gasteiger partial charge in [0.05, 0.1) is 11.6 Å². The van der Waals surface area contributed by atoms with E-state index in [9.17, 15) is 4.79 Å². The molecule has 0 bridgehead atoms. The van der Waals surface area contributed by atoms with Crippen LogP contribution in [0.5, 0.6) is 5.75 Å². The number of para-hydroxylation sites is 1. The minimum atomic E-state index is -0.188. The molecule has 18 heavy (non-hydrogen) atoms. The summed E-state index contributed by atoms with van der Waals surface area (Å²) in [4.78, 5) is 11.5. The van der Waals surface area contributed by atoms with Gasteiger partial charge in [-0.25, -0.2) is 0 Å². The normalized spacial score (nSPS) is 10.2. The van der Waals surface area contributed by atoms with E-state index in [2.05, 4.69) is 12.2 Å². The summed E-state index contributed by atoms with van der Waals surface area (Å²) in [6.07, 6.45) is 1.97. The van der Waals surface area contributed by atoms with E-state index < -0.39 is 0 Å². The second kappa shape index (κ2) is 7.95. The third kappa shape index (κ3) is 4.55. The van der Waals surface area contributed by atoms with Crippen LogP contribution in [0.1, 0.15) is 25.3 Å². The Morgan fingerprint density at radius 2 is 2.28 bits per heavy atom. The first-order valence-corrected chi connectivity index (χ1v) is 6.34. The summed E-state index contributed by atoms with van der Waals surface area (Å²) >= 11 is 5.95. The largest absolute Gasteiger partial charge is 0.482 e. The molecule has 100 valence electrons. The zero-order valence-corrected chi connectivity index (χ0v) is 11.2. The number of rotatable bonds is 7. The fourth-order valence-electron chi connectivity index (χ4n) is 1.43. The predicted octanol–water partition coefficient (Wildman–Crippen LogP) is 2.13. The lowest BCUT2D eigenvalue weighted by Crippen LogP contribution is -2.29. The number of carbonyl (C=O) groups excluding carboxylic acids is 1. The second-order valence-electron chi connectivity index (χ2n) is 3.88. The van der Waals surface area contributed by atoms with Gasteiger partial charge < -0.3 is 15.2 Å². The number of amides is 1. The van der Waals surface area contributed by atoms with Gasteiger partial charge in [0.1, 0.15) is 5.75 Å². The number of halogens is 1. The van der Waals surface area contributed by atoms with Crippen LogP contribution in [0, 0.1) is 0 Å². The zero-order chi connectivity index (χ0) is 13.4. The van der Waals surface area contributed by atoms with Crippen LogP contribution in [0.15, 0.2) is 18.2 Å². The highest BCUT2D eigenvalue weighted by Gasteiger charge is 2.09. The van der Waals surface area contributed by atoms with Crippen LogP contribution in [-0.2, 0) is 11.4 Å². The number of hydrogen-bond donors (Lipinski definition) is 2. The number of aliphatic hydroxyl groups excluding tert-OH is 1. The van der Waals surface area contributed by atoms with Crippen molar-refractivity contribution in [3.05, 3.63) is 28.8 Å². The number of hydrogen-bond acceptors (Lipinski definition) is 3. The molecule has 0 aromatic heterocycles. The molecule has 0 aliphatic carbocycles. The second-order valence-corrected chi connectivity index (χ2v) is 4.29.